The predicted octanol–water partition coefficient (Wildman–Crippen LogP) is 1.40. The van der Waals surface area contributed by atoms with Gasteiger partial charge in [0, 0.05) is 6.42 Å². The molecule has 0 spiro atoms. The van der Waals surface area contributed by atoms with Crippen LogP contribution >= 0.6 is 7.72 Å². The molecule has 170 valence electrons. The van der Waals surface area contributed by atoms with E-state index in [4.69, 9.17) is 9.47 Å². The Balaban J connectivity index is 1.88. The number of carbonyl (C=O) groups is 4. The zero-order valence-electron chi connectivity index (χ0n) is 17.4. The second-order valence-corrected chi connectivity index (χ2v) is 9.41. The average Bonchev–Trinajstić information content (AvgIpc) is 3.56. The molecule has 0 aliphatic heterocycles. The summed E-state index contributed by atoms with van der Waals surface area (Å²) in [5.41, 5.74) is -0.0741. The molecule has 1 aromatic rings. The minimum atomic E-state index is -4.08. The van der Waals surface area contributed by atoms with Crippen molar-refractivity contribution in [1.82, 2.24) is 5.32 Å². The fourth-order valence-electron chi connectivity index (χ4n) is 2.96. The standard InChI is InChI=1S/C20H26NO9P/c1-3-29-17(22)14-11-15(14)19(24)31(26,27)10-9-16(18(23)28-2)21-20(25)30-12-13-7-5-4-6-8-13/h4-8,14-16,26-27H,3,9-12H2,1-2H3/p+1/t14?,15?,16-/m0/s1. The Morgan fingerprint density at radius 3 is 2.42 bits per heavy atom. The van der Waals surface area contributed by atoms with Crippen LogP contribution in [-0.2, 0) is 35.2 Å². The zero-order valence-corrected chi connectivity index (χ0v) is 18.2. The number of nitrogens with one attached hydrogen (secondary N) is 1. The molecule has 0 saturated heterocycles. The van der Waals surface area contributed by atoms with Gasteiger partial charge < -0.3 is 19.5 Å². The van der Waals surface area contributed by atoms with E-state index in [0.29, 0.717) is 0 Å². The SMILES string of the molecule is CCOC(=O)C1CC1C(=O)[P+](O)(O)CC[C@H](NC(=O)OCc1ccccc1)C(=O)OC. The Kier molecular flexibility index (Phi) is 8.91. The topological polar surface area (TPSA) is 148 Å². The number of methoxy groups -OCH3 is 1. The molecule has 1 aliphatic rings. The summed E-state index contributed by atoms with van der Waals surface area (Å²) in [6.07, 6.45) is -1.40. The van der Waals surface area contributed by atoms with E-state index in [0.717, 1.165) is 12.7 Å². The van der Waals surface area contributed by atoms with Crippen LogP contribution < -0.4 is 5.32 Å². The number of amides is 1. The summed E-state index contributed by atoms with van der Waals surface area (Å²) in [4.78, 5) is 68.6. The molecule has 2 rings (SSSR count). The van der Waals surface area contributed by atoms with Crippen LogP contribution in [0.25, 0.3) is 0 Å². The van der Waals surface area contributed by atoms with Crippen LogP contribution in [0.2, 0.25) is 0 Å². The van der Waals surface area contributed by atoms with Crippen LogP contribution in [0, 0.1) is 11.8 Å². The first-order valence-corrected chi connectivity index (χ1v) is 11.7. The smallest absolute Gasteiger partial charge is 0.408 e. The Hall–Kier alpha value is -2.55. The van der Waals surface area contributed by atoms with Crippen molar-refractivity contribution in [1.29, 1.82) is 0 Å². The molecule has 0 bridgehead atoms. The monoisotopic (exact) mass is 456 g/mol. The van der Waals surface area contributed by atoms with Gasteiger partial charge in [-0.3, -0.25) is 4.79 Å². The van der Waals surface area contributed by atoms with Crippen molar-refractivity contribution in [3.63, 3.8) is 0 Å². The summed E-state index contributed by atoms with van der Waals surface area (Å²) >= 11 is 0. The van der Waals surface area contributed by atoms with E-state index in [1.807, 2.05) is 6.07 Å². The lowest BCUT2D eigenvalue weighted by molar-refractivity contribution is -0.145. The van der Waals surface area contributed by atoms with E-state index in [2.05, 4.69) is 10.1 Å². The van der Waals surface area contributed by atoms with Crippen molar-refractivity contribution >= 4 is 31.3 Å². The number of benzene rings is 1. The normalized spacial score (nSPS) is 18.5. The van der Waals surface area contributed by atoms with Crippen molar-refractivity contribution in [2.45, 2.75) is 32.4 Å². The summed E-state index contributed by atoms with van der Waals surface area (Å²) in [5.74, 6) is -2.84. The highest BCUT2D eigenvalue weighted by Gasteiger charge is 2.60. The molecule has 1 saturated carbocycles. The fourth-order valence-corrected chi connectivity index (χ4v) is 4.62. The number of hydrogen-bond acceptors (Lipinski definition) is 9. The van der Waals surface area contributed by atoms with Gasteiger partial charge in [0.1, 0.15) is 18.8 Å². The van der Waals surface area contributed by atoms with E-state index in [1.54, 1.807) is 31.2 Å². The van der Waals surface area contributed by atoms with Crippen molar-refractivity contribution in [3.05, 3.63) is 35.9 Å². The highest BCUT2D eigenvalue weighted by Crippen LogP contribution is 2.59. The van der Waals surface area contributed by atoms with Gasteiger partial charge in [0.05, 0.1) is 25.6 Å². The largest absolute Gasteiger partial charge is 0.467 e. The summed E-state index contributed by atoms with van der Waals surface area (Å²) in [5, 5.41) is 2.31. The first-order chi connectivity index (χ1) is 14.7. The zero-order chi connectivity index (χ0) is 23.0. The minimum absolute atomic E-state index is 0.0209. The maximum absolute atomic E-state index is 12.4. The quantitative estimate of drug-likeness (QED) is 0.255. The van der Waals surface area contributed by atoms with E-state index < -0.39 is 55.3 Å². The Labute approximate surface area is 180 Å². The highest BCUT2D eigenvalue weighted by atomic mass is 31.2. The summed E-state index contributed by atoms with van der Waals surface area (Å²) in [6.45, 7) is 1.78. The lowest BCUT2D eigenvalue weighted by Crippen LogP contribution is -2.42. The average molecular weight is 456 g/mol. The van der Waals surface area contributed by atoms with Gasteiger partial charge in [-0.15, -0.1) is 0 Å². The first kappa shape index (κ1) is 24.7. The molecule has 1 amide bonds. The summed E-state index contributed by atoms with van der Waals surface area (Å²) in [7, 11) is -2.96. The van der Waals surface area contributed by atoms with Crippen LogP contribution in [-0.4, -0.2) is 59.3 Å². The van der Waals surface area contributed by atoms with Gasteiger partial charge in [0.15, 0.2) is 0 Å². The number of alkyl carbamates (subject to hydrolysis) is 1. The summed E-state index contributed by atoms with van der Waals surface area (Å²) in [6, 6.07) is 7.66. The lowest BCUT2D eigenvalue weighted by atomic mass is 10.2. The maximum atomic E-state index is 12.4. The third-order valence-electron chi connectivity index (χ3n) is 4.77. The van der Waals surface area contributed by atoms with Crippen molar-refractivity contribution < 1.29 is 43.2 Å². The molecule has 0 radical (unpaired) electrons. The van der Waals surface area contributed by atoms with Crippen molar-refractivity contribution in [2.24, 2.45) is 11.8 Å². The van der Waals surface area contributed by atoms with Crippen LogP contribution in [0.4, 0.5) is 4.79 Å². The number of hydrogen-bond donors (Lipinski definition) is 3. The molecule has 1 fully saturated rings. The maximum Gasteiger partial charge on any atom is 0.408 e. The third-order valence-corrected chi connectivity index (χ3v) is 6.69. The molecular weight excluding hydrogens is 429 g/mol. The third kappa shape index (κ3) is 7.27. The van der Waals surface area contributed by atoms with E-state index in [1.165, 1.54) is 0 Å². The van der Waals surface area contributed by atoms with Gasteiger partial charge in [-0.25, -0.2) is 24.2 Å². The van der Waals surface area contributed by atoms with Gasteiger partial charge in [-0.05, 0) is 18.9 Å². The minimum Gasteiger partial charge on any atom is -0.467 e. The van der Waals surface area contributed by atoms with Gasteiger partial charge in [0.25, 0.3) is 0 Å². The number of carbonyl (C=O) groups excluding carboxylic acids is 4. The first-order valence-electron chi connectivity index (χ1n) is 9.79. The van der Waals surface area contributed by atoms with Crippen LogP contribution in [0.15, 0.2) is 30.3 Å². The van der Waals surface area contributed by atoms with Crippen LogP contribution in [0.1, 0.15) is 25.3 Å². The number of esters is 2. The predicted molar refractivity (Wildman–Crippen MR) is 110 cm³/mol. The van der Waals surface area contributed by atoms with Gasteiger partial charge >= 0.3 is 31.3 Å². The molecule has 3 atom stereocenters. The Morgan fingerprint density at radius 2 is 1.81 bits per heavy atom. The molecule has 0 heterocycles. The number of ether oxygens (including phenoxy) is 3. The van der Waals surface area contributed by atoms with Crippen molar-refractivity contribution in [3.8, 4) is 0 Å². The van der Waals surface area contributed by atoms with Crippen molar-refractivity contribution in [2.75, 3.05) is 19.9 Å². The molecule has 1 aromatic carbocycles. The van der Waals surface area contributed by atoms with E-state index in [9.17, 15) is 29.0 Å². The fraction of sp³-hybridized carbons (Fsp3) is 0.500. The molecule has 3 N–H and O–H groups in total. The number of rotatable bonds is 11. The Morgan fingerprint density at radius 1 is 1.13 bits per heavy atom. The van der Waals surface area contributed by atoms with Crippen LogP contribution in [0.3, 0.4) is 0 Å². The lowest BCUT2D eigenvalue weighted by Gasteiger charge is -2.17. The molecule has 31 heavy (non-hydrogen) atoms. The highest BCUT2D eigenvalue weighted by molar-refractivity contribution is 7.81. The van der Waals surface area contributed by atoms with E-state index >= 15 is 0 Å². The van der Waals surface area contributed by atoms with Gasteiger partial charge in [0.2, 0.25) is 0 Å². The second-order valence-electron chi connectivity index (χ2n) is 7.06. The second kappa shape index (κ2) is 11.2. The molecule has 11 heteroatoms. The Bertz CT molecular complexity index is 799. The van der Waals surface area contributed by atoms with E-state index in [-0.39, 0.29) is 26.1 Å². The van der Waals surface area contributed by atoms with Gasteiger partial charge in [-0.2, -0.15) is 0 Å². The molecule has 1 aliphatic carbocycles. The van der Waals surface area contributed by atoms with Gasteiger partial charge in [-0.1, -0.05) is 30.3 Å². The molecular formula is C20H27NO9P+. The van der Waals surface area contributed by atoms with Crippen LogP contribution in [0.5, 0.6) is 0 Å². The summed E-state index contributed by atoms with van der Waals surface area (Å²) < 4.78 is 14.5. The molecule has 2 unspecified atom stereocenters. The molecule has 10 nitrogen and oxygen atoms in total. The molecule has 0 aromatic heterocycles.